The number of hydrogen-bond donors (Lipinski definition) is 0. The van der Waals surface area contributed by atoms with Gasteiger partial charge in [0.25, 0.3) is 0 Å². The molecule has 6 heteroatoms. The fraction of sp³-hybridized carbons (Fsp3) is 0.562. The molecule has 1 amide bonds. The molecule has 0 radical (unpaired) electrons. The predicted molar refractivity (Wildman–Crippen MR) is 85.9 cm³/mol. The van der Waals surface area contributed by atoms with Crippen LogP contribution in [0.4, 0.5) is 0 Å². The molecule has 1 aromatic carbocycles. The van der Waals surface area contributed by atoms with Crippen LogP contribution in [0, 0.1) is 6.92 Å². The highest BCUT2D eigenvalue weighted by atomic mass is 32.2. The molecule has 122 valence electrons. The summed E-state index contributed by atoms with van der Waals surface area (Å²) in [5.74, 6) is 0.767. The quantitative estimate of drug-likeness (QED) is 0.763. The van der Waals surface area contributed by atoms with Crippen LogP contribution in [0.2, 0.25) is 0 Å². The molecule has 2 rings (SSSR count). The highest BCUT2D eigenvalue weighted by Crippen LogP contribution is 2.28. The van der Waals surface area contributed by atoms with E-state index in [1.54, 1.807) is 12.0 Å². The van der Waals surface area contributed by atoms with Crippen LogP contribution >= 0.6 is 0 Å². The maximum atomic E-state index is 12.5. The summed E-state index contributed by atoms with van der Waals surface area (Å²) < 4.78 is 27.9. The molecular formula is C16H23NO4S. The standard InChI is InChI=1S/C16H23NO4S/c1-12-4-5-13(10-15(12)21-2)11-16(18)17(14-6-7-14)8-9-22(3,19)20/h4-5,10,14H,6-9,11H2,1-3H3. The van der Waals surface area contributed by atoms with Crippen molar-refractivity contribution in [2.24, 2.45) is 0 Å². The molecule has 0 saturated heterocycles. The highest BCUT2D eigenvalue weighted by Gasteiger charge is 2.32. The van der Waals surface area contributed by atoms with Crippen molar-refractivity contribution in [2.75, 3.05) is 25.7 Å². The molecule has 0 unspecified atom stereocenters. The lowest BCUT2D eigenvalue weighted by atomic mass is 10.1. The summed E-state index contributed by atoms with van der Waals surface area (Å²) in [4.78, 5) is 14.2. The fourth-order valence-corrected chi connectivity index (χ4v) is 2.94. The fourth-order valence-electron chi connectivity index (χ4n) is 2.41. The summed E-state index contributed by atoms with van der Waals surface area (Å²) >= 11 is 0. The van der Waals surface area contributed by atoms with Crippen LogP contribution in [-0.2, 0) is 21.1 Å². The number of benzene rings is 1. The number of carbonyl (C=O) groups is 1. The monoisotopic (exact) mass is 325 g/mol. The minimum absolute atomic E-state index is 0.0166. The Kier molecular flexibility index (Phi) is 5.11. The maximum Gasteiger partial charge on any atom is 0.227 e. The molecule has 0 heterocycles. The van der Waals surface area contributed by atoms with Crippen molar-refractivity contribution in [3.8, 4) is 5.75 Å². The van der Waals surface area contributed by atoms with Crippen molar-refractivity contribution in [3.63, 3.8) is 0 Å². The van der Waals surface area contributed by atoms with E-state index in [0.29, 0.717) is 0 Å². The van der Waals surface area contributed by atoms with Gasteiger partial charge in [-0.2, -0.15) is 0 Å². The van der Waals surface area contributed by atoms with Gasteiger partial charge < -0.3 is 9.64 Å². The van der Waals surface area contributed by atoms with Crippen LogP contribution < -0.4 is 4.74 Å². The summed E-state index contributed by atoms with van der Waals surface area (Å²) in [7, 11) is -1.45. The number of nitrogens with zero attached hydrogens (tertiary/aromatic N) is 1. The minimum atomic E-state index is -3.06. The van der Waals surface area contributed by atoms with Crippen LogP contribution in [0.1, 0.15) is 24.0 Å². The molecule has 1 saturated carbocycles. The maximum absolute atomic E-state index is 12.5. The van der Waals surface area contributed by atoms with Gasteiger partial charge in [0.1, 0.15) is 15.6 Å². The lowest BCUT2D eigenvalue weighted by Crippen LogP contribution is -2.37. The SMILES string of the molecule is COc1cc(CC(=O)N(CCS(C)(=O)=O)C2CC2)ccc1C. The zero-order valence-corrected chi connectivity index (χ0v) is 14.1. The van der Waals surface area contributed by atoms with Crippen molar-refractivity contribution in [1.29, 1.82) is 0 Å². The number of rotatable bonds is 7. The van der Waals surface area contributed by atoms with E-state index in [2.05, 4.69) is 0 Å². The Balaban J connectivity index is 2.05. The summed E-state index contributed by atoms with van der Waals surface area (Å²) in [6, 6.07) is 5.92. The van der Waals surface area contributed by atoms with E-state index in [-0.39, 0.29) is 30.7 Å². The van der Waals surface area contributed by atoms with Gasteiger partial charge in [-0.3, -0.25) is 4.79 Å². The molecule has 1 aliphatic rings. The number of aryl methyl sites for hydroxylation is 1. The number of methoxy groups -OCH3 is 1. The third-order valence-corrected chi connectivity index (χ3v) is 4.76. The van der Waals surface area contributed by atoms with Gasteiger partial charge in [-0.25, -0.2) is 8.42 Å². The molecule has 1 aliphatic carbocycles. The predicted octanol–water partition coefficient (Wildman–Crippen LogP) is 1.58. The van der Waals surface area contributed by atoms with Gasteiger partial charge in [-0.05, 0) is 37.0 Å². The topological polar surface area (TPSA) is 63.7 Å². The van der Waals surface area contributed by atoms with Gasteiger partial charge in [0.2, 0.25) is 5.91 Å². The van der Waals surface area contributed by atoms with Gasteiger partial charge in [-0.15, -0.1) is 0 Å². The van der Waals surface area contributed by atoms with E-state index < -0.39 is 9.84 Å². The molecule has 0 spiro atoms. The molecule has 1 aromatic rings. The van der Waals surface area contributed by atoms with E-state index in [4.69, 9.17) is 4.74 Å². The summed E-state index contributed by atoms with van der Waals surface area (Å²) in [5, 5.41) is 0. The molecule has 1 fully saturated rings. The number of carbonyl (C=O) groups excluding carboxylic acids is 1. The lowest BCUT2D eigenvalue weighted by molar-refractivity contribution is -0.130. The Morgan fingerprint density at radius 2 is 2.05 bits per heavy atom. The van der Waals surface area contributed by atoms with E-state index in [0.717, 1.165) is 29.7 Å². The number of ether oxygens (including phenoxy) is 1. The van der Waals surface area contributed by atoms with Gasteiger partial charge in [0.05, 0.1) is 19.3 Å². The van der Waals surface area contributed by atoms with Crippen molar-refractivity contribution in [3.05, 3.63) is 29.3 Å². The molecule has 22 heavy (non-hydrogen) atoms. The molecular weight excluding hydrogens is 302 g/mol. The molecule has 0 aliphatic heterocycles. The first-order valence-electron chi connectivity index (χ1n) is 7.41. The van der Waals surface area contributed by atoms with Gasteiger partial charge in [-0.1, -0.05) is 12.1 Å². The zero-order chi connectivity index (χ0) is 16.3. The second kappa shape index (κ2) is 6.69. The zero-order valence-electron chi connectivity index (χ0n) is 13.3. The van der Waals surface area contributed by atoms with Crippen LogP contribution in [-0.4, -0.2) is 50.9 Å². The van der Waals surface area contributed by atoms with Crippen LogP contribution in [0.5, 0.6) is 5.75 Å². The Bertz CT molecular complexity index is 650. The number of hydrogen-bond acceptors (Lipinski definition) is 4. The Hall–Kier alpha value is -1.56. The third kappa shape index (κ3) is 4.73. The van der Waals surface area contributed by atoms with E-state index in [1.807, 2.05) is 25.1 Å². The first kappa shape index (κ1) is 16.8. The lowest BCUT2D eigenvalue weighted by Gasteiger charge is -2.22. The first-order chi connectivity index (χ1) is 10.3. The normalized spacial score (nSPS) is 14.7. The second-order valence-corrected chi connectivity index (χ2v) is 8.19. The average Bonchev–Trinajstić information content (AvgIpc) is 3.24. The Labute approximate surface area is 132 Å². The first-order valence-corrected chi connectivity index (χ1v) is 9.47. The summed E-state index contributed by atoms with van der Waals surface area (Å²) in [5.41, 5.74) is 1.91. The van der Waals surface area contributed by atoms with Crippen molar-refractivity contribution in [2.45, 2.75) is 32.2 Å². The Morgan fingerprint density at radius 1 is 1.36 bits per heavy atom. The second-order valence-electron chi connectivity index (χ2n) is 5.93. The van der Waals surface area contributed by atoms with Gasteiger partial charge in [0.15, 0.2) is 0 Å². The van der Waals surface area contributed by atoms with Gasteiger partial charge in [0, 0.05) is 18.8 Å². The smallest absolute Gasteiger partial charge is 0.227 e. The largest absolute Gasteiger partial charge is 0.496 e. The van der Waals surface area contributed by atoms with Crippen LogP contribution in [0.25, 0.3) is 0 Å². The molecule has 0 aromatic heterocycles. The molecule has 0 N–H and O–H groups in total. The van der Waals surface area contributed by atoms with Gasteiger partial charge >= 0.3 is 0 Å². The van der Waals surface area contributed by atoms with Crippen molar-refractivity contribution in [1.82, 2.24) is 4.90 Å². The molecule has 5 nitrogen and oxygen atoms in total. The van der Waals surface area contributed by atoms with E-state index in [1.165, 1.54) is 6.26 Å². The Morgan fingerprint density at radius 3 is 2.59 bits per heavy atom. The van der Waals surface area contributed by atoms with E-state index in [9.17, 15) is 13.2 Å². The summed E-state index contributed by atoms with van der Waals surface area (Å²) in [6.45, 7) is 2.23. The minimum Gasteiger partial charge on any atom is -0.496 e. The summed E-state index contributed by atoms with van der Waals surface area (Å²) in [6.07, 6.45) is 3.41. The third-order valence-electron chi connectivity index (χ3n) is 3.84. The van der Waals surface area contributed by atoms with Crippen molar-refractivity contribution < 1.29 is 17.9 Å². The molecule has 0 atom stereocenters. The number of sulfone groups is 1. The highest BCUT2D eigenvalue weighted by molar-refractivity contribution is 7.90. The van der Waals surface area contributed by atoms with Crippen molar-refractivity contribution >= 4 is 15.7 Å². The average molecular weight is 325 g/mol. The van der Waals surface area contributed by atoms with Crippen LogP contribution in [0.3, 0.4) is 0 Å². The molecule has 0 bridgehead atoms. The number of amides is 1. The van der Waals surface area contributed by atoms with Crippen LogP contribution in [0.15, 0.2) is 18.2 Å². The van der Waals surface area contributed by atoms with E-state index >= 15 is 0 Å².